The van der Waals surface area contributed by atoms with Gasteiger partial charge in [-0.15, -0.1) is 11.3 Å². The summed E-state index contributed by atoms with van der Waals surface area (Å²) < 4.78 is 10.4. The molecule has 1 aromatic carbocycles. The fourth-order valence-electron chi connectivity index (χ4n) is 2.00. The Kier molecular flexibility index (Phi) is 5.97. The average Bonchev–Trinajstić information content (AvgIpc) is 3.06. The molecule has 0 spiro atoms. The molecule has 0 radical (unpaired) electrons. The van der Waals surface area contributed by atoms with E-state index in [-0.39, 0.29) is 11.8 Å². The predicted molar refractivity (Wildman–Crippen MR) is 94.9 cm³/mol. The third-order valence-electron chi connectivity index (χ3n) is 3.21. The van der Waals surface area contributed by atoms with Gasteiger partial charge in [-0.05, 0) is 35.2 Å². The van der Waals surface area contributed by atoms with Gasteiger partial charge in [-0.25, -0.2) is 0 Å². The first kappa shape index (κ1) is 17.6. The second-order valence-electron chi connectivity index (χ2n) is 4.68. The zero-order chi connectivity index (χ0) is 17.5. The number of anilines is 1. The molecule has 0 saturated heterocycles. The number of carbonyl (C=O) groups excluding carboxylic acids is 2. The molecule has 0 atom stereocenters. The Hall–Kier alpha value is -2.80. The van der Waals surface area contributed by atoms with Crippen LogP contribution in [0.15, 0.2) is 35.7 Å². The summed E-state index contributed by atoms with van der Waals surface area (Å²) in [4.78, 5) is 23.7. The summed E-state index contributed by atoms with van der Waals surface area (Å²) in [6.45, 7) is 0. The van der Waals surface area contributed by atoms with Crippen LogP contribution in [0, 0.1) is 0 Å². The van der Waals surface area contributed by atoms with Crippen LogP contribution >= 0.6 is 11.3 Å². The van der Waals surface area contributed by atoms with Crippen LogP contribution in [0.4, 0.5) is 5.00 Å². The van der Waals surface area contributed by atoms with Gasteiger partial charge >= 0.3 is 0 Å². The smallest absolute Gasteiger partial charge is 0.254 e. The molecule has 0 fully saturated rings. The predicted octanol–water partition coefficient (Wildman–Crippen LogP) is 2.78. The molecule has 1 aromatic heterocycles. The normalized spacial score (nSPS) is 10.5. The van der Waals surface area contributed by atoms with Gasteiger partial charge in [0, 0.05) is 13.1 Å². The van der Waals surface area contributed by atoms with Crippen molar-refractivity contribution < 1.29 is 19.1 Å². The lowest BCUT2D eigenvalue weighted by atomic mass is 10.2. The molecule has 1 heterocycles. The third kappa shape index (κ3) is 4.14. The summed E-state index contributed by atoms with van der Waals surface area (Å²) in [5.41, 5.74) is 1.23. The quantitative estimate of drug-likeness (QED) is 0.789. The van der Waals surface area contributed by atoms with Gasteiger partial charge in [0.25, 0.3) is 5.91 Å². The van der Waals surface area contributed by atoms with Crippen LogP contribution in [-0.4, -0.2) is 33.1 Å². The van der Waals surface area contributed by atoms with Crippen molar-refractivity contribution in [3.05, 3.63) is 46.8 Å². The Morgan fingerprint density at radius 2 is 1.88 bits per heavy atom. The van der Waals surface area contributed by atoms with Crippen LogP contribution in [0.25, 0.3) is 6.08 Å². The van der Waals surface area contributed by atoms with E-state index in [1.165, 1.54) is 17.4 Å². The largest absolute Gasteiger partial charge is 0.493 e. The van der Waals surface area contributed by atoms with Gasteiger partial charge in [-0.2, -0.15) is 0 Å². The number of benzene rings is 1. The van der Waals surface area contributed by atoms with Gasteiger partial charge in [0.05, 0.1) is 19.8 Å². The third-order valence-corrected chi connectivity index (χ3v) is 4.04. The van der Waals surface area contributed by atoms with Gasteiger partial charge in [-0.1, -0.05) is 6.07 Å². The average molecular weight is 346 g/mol. The van der Waals surface area contributed by atoms with Crippen LogP contribution in [0.5, 0.6) is 11.5 Å². The summed E-state index contributed by atoms with van der Waals surface area (Å²) in [5.74, 6) is 0.640. The highest BCUT2D eigenvalue weighted by molar-refractivity contribution is 7.14. The highest BCUT2D eigenvalue weighted by Gasteiger charge is 2.12. The molecule has 0 unspecified atom stereocenters. The van der Waals surface area contributed by atoms with E-state index >= 15 is 0 Å². The number of methoxy groups -OCH3 is 2. The number of ether oxygens (including phenoxy) is 2. The molecule has 126 valence electrons. The number of amides is 2. The first-order valence-corrected chi connectivity index (χ1v) is 7.97. The summed E-state index contributed by atoms with van der Waals surface area (Å²) in [7, 11) is 4.66. The minimum Gasteiger partial charge on any atom is -0.493 e. The minimum absolute atomic E-state index is 0.240. The van der Waals surface area contributed by atoms with Crippen molar-refractivity contribution in [1.29, 1.82) is 0 Å². The maximum Gasteiger partial charge on any atom is 0.254 e. The minimum atomic E-state index is -0.322. The fourth-order valence-corrected chi connectivity index (χ4v) is 2.79. The standard InChI is InChI=1S/C17H18N2O4S/c1-18-16(21)12-8-9-24-17(12)19-15(20)7-5-11-4-6-13(22-2)14(10-11)23-3/h4-10H,1-3H3,(H,18,21)(H,19,20)/b7-5+. The SMILES string of the molecule is CNC(=O)c1ccsc1NC(=O)/C=C/c1ccc(OC)c(OC)c1. The lowest BCUT2D eigenvalue weighted by Gasteiger charge is -2.07. The van der Waals surface area contributed by atoms with E-state index < -0.39 is 0 Å². The van der Waals surface area contributed by atoms with Crippen LogP contribution in [-0.2, 0) is 4.79 Å². The maximum absolute atomic E-state index is 12.0. The van der Waals surface area contributed by atoms with Gasteiger partial charge in [-0.3, -0.25) is 9.59 Å². The van der Waals surface area contributed by atoms with Crippen molar-refractivity contribution in [2.24, 2.45) is 0 Å². The maximum atomic E-state index is 12.0. The van der Waals surface area contributed by atoms with Gasteiger partial charge in [0.1, 0.15) is 5.00 Å². The number of hydrogen-bond acceptors (Lipinski definition) is 5. The van der Waals surface area contributed by atoms with E-state index in [0.717, 1.165) is 5.56 Å². The molecule has 0 aliphatic heterocycles. The highest BCUT2D eigenvalue weighted by atomic mass is 32.1. The molecule has 2 aromatic rings. The Bertz CT molecular complexity index is 768. The van der Waals surface area contributed by atoms with Gasteiger partial charge < -0.3 is 20.1 Å². The lowest BCUT2D eigenvalue weighted by Crippen LogP contribution is -2.19. The second kappa shape index (κ2) is 8.16. The van der Waals surface area contributed by atoms with Crippen LogP contribution in [0.1, 0.15) is 15.9 Å². The topological polar surface area (TPSA) is 76.7 Å². The Morgan fingerprint density at radius 1 is 1.12 bits per heavy atom. The molecule has 6 nitrogen and oxygen atoms in total. The van der Waals surface area contributed by atoms with Crippen LogP contribution < -0.4 is 20.1 Å². The van der Waals surface area contributed by atoms with E-state index in [2.05, 4.69) is 10.6 Å². The van der Waals surface area contributed by atoms with Crippen molar-refractivity contribution in [3.8, 4) is 11.5 Å². The Balaban J connectivity index is 2.09. The molecule has 2 N–H and O–H groups in total. The molecule has 2 rings (SSSR count). The van der Waals surface area contributed by atoms with Crippen molar-refractivity contribution in [3.63, 3.8) is 0 Å². The number of hydrogen-bond donors (Lipinski definition) is 2. The Labute approximate surface area is 144 Å². The van der Waals surface area contributed by atoms with E-state index in [4.69, 9.17) is 9.47 Å². The van der Waals surface area contributed by atoms with E-state index in [9.17, 15) is 9.59 Å². The van der Waals surface area contributed by atoms with Crippen molar-refractivity contribution in [2.45, 2.75) is 0 Å². The van der Waals surface area contributed by atoms with E-state index in [1.807, 2.05) is 6.07 Å². The van der Waals surface area contributed by atoms with E-state index in [1.54, 1.807) is 50.9 Å². The summed E-state index contributed by atoms with van der Waals surface area (Å²) in [6, 6.07) is 7.01. The molecule has 24 heavy (non-hydrogen) atoms. The lowest BCUT2D eigenvalue weighted by molar-refractivity contribution is -0.111. The second-order valence-corrected chi connectivity index (χ2v) is 5.60. The number of rotatable bonds is 6. The summed E-state index contributed by atoms with van der Waals surface area (Å²) >= 11 is 1.29. The molecule has 0 saturated carbocycles. The molecular weight excluding hydrogens is 328 g/mol. The molecule has 2 amide bonds. The zero-order valence-corrected chi connectivity index (χ0v) is 14.4. The van der Waals surface area contributed by atoms with Crippen molar-refractivity contribution >= 4 is 34.2 Å². The zero-order valence-electron chi connectivity index (χ0n) is 13.6. The highest BCUT2D eigenvalue weighted by Crippen LogP contribution is 2.28. The summed E-state index contributed by atoms with van der Waals surface area (Å²) in [5, 5.41) is 7.50. The number of nitrogens with one attached hydrogen (secondary N) is 2. The first-order chi connectivity index (χ1) is 11.6. The van der Waals surface area contributed by atoms with Crippen LogP contribution in [0.2, 0.25) is 0 Å². The monoisotopic (exact) mass is 346 g/mol. The summed E-state index contributed by atoms with van der Waals surface area (Å²) in [6.07, 6.45) is 3.05. The van der Waals surface area contributed by atoms with Gasteiger partial charge in [0.15, 0.2) is 11.5 Å². The van der Waals surface area contributed by atoms with Crippen molar-refractivity contribution in [1.82, 2.24) is 5.32 Å². The van der Waals surface area contributed by atoms with Gasteiger partial charge in [0.2, 0.25) is 5.91 Å². The first-order valence-electron chi connectivity index (χ1n) is 7.09. The Morgan fingerprint density at radius 3 is 2.54 bits per heavy atom. The fraction of sp³-hybridized carbons (Fsp3) is 0.176. The molecule has 0 aliphatic rings. The molecule has 0 aliphatic carbocycles. The van der Waals surface area contributed by atoms with E-state index in [0.29, 0.717) is 22.1 Å². The number of thiophene rings is 1. The van der Waals surface area contributed by atoms with Crippen LogP contribution in [0.3, 0.4) is 0 Å². The molecular formula is C17H18N2O4S. The molecule has 0 bridgehead atoms. The molecule has 7 heteroatoms. The number of carbonyl (C=O) groups is 2. The van der Waals surface area contributed by atoms with Crippen molar-refractivity contribution in [2.75, 3.05) is 26.6 Å².